The van der Waals surface area contributed by atoms with Crippen LogP contribution in [0.4, 0.5) is 5.82 Å². The molecule has 0 aliphatic heterocycles. The number of aryl methyl sites for hydroxylation is 1. The molecule has 0 aliphatic rings. The molecule has 2 N–H and O–H groups in total. The highest BCUT2D eigenvalue weighted by Gasteiger charge is 2.18. The maximum Gasteiger partial charge on any atom is 0.257 e. The molecule has 0 saturated heterocycles. The lowest BCUT2D eigenvalue weighted by atomic mass is 9.94. The number of Topliss-reactive ketones (excluding diaryl/α,β-unsaturated/α-hetero) is 1. The summed E-state index contributed by atoms with van der Waals surface area (Å²) in [5.74, 6) is 0.312. The first kappa shape index (κ1) is 22.2. The summed E-state index contributed by atoms with van der Waals surface area (Å²) in [6.07, 6.45) is 1.55. The molecule has 3 rings (SSSR count). The van der Waals surface area contributed by atoms with Gasteiger partial charge in [0.2, 0.25) is 0 Å². The molecule has 158 valence electrons. The van der Waals surface area contributed by atoms with Gasteiger partial charge in [0, 0.05) is 43.4 Å². The van der Waals surface area contributed by atoms with Gasteiger partial charge >= 0.3 is 0 Å². The van der Waals surface area contributed by atoms with Crippen LogP contribution in [0.15, 0.2) is 60.8 Å². The quantitative estimate of drug-likeness (QED) is 0.337. The summed E-state index contributed by atoms with van der Waals surface area (Å²) in [6, 6.07) is 15.6. The van der Waals surface area contributed by atoms with E-state index in [1.165, 1.54) is 6.20 Å². The molecular formula is C24H23ClN4O2. The van der Waals surface area contributed by atoms with Gasteiger partial charge in [0.05, 0.1) is 5.02 Å². The third-order valence-corrected chi connectivity index (χ3v) is 5.11. The number of nitrogens with zero attached hydrogens (tertiary/aromatic N) is 2. The van der Waals surface area contributed by atoms with Gasteiger partial charge in [-0.1, -0.05) is 48.0 Å². The summed E-state index contributed by atoms with van der Waals surface area (Å²) in [4.78, 5) is 31.6. The van der Waals surface area contributed by atoms with E-state index in [9.17, 15) is 9.59 Å². The average Bonchev–Trinajstić information content (AvgIpc) is 2.76. The van der Waals surface area contributed by atoms with E-state index in [0.717, 1.165) is 11.1 Å². The number of pyridine rings is 1. The van der Waals surface area contributed by atoms with Crippen molar-refractivity contribution in [3.05, 3.63) is 93.6 Å². The number of anilines is 1. The molecule has 1 heterocycles. The van der Waals surface area contributed by atoms with Crippen LogP contribution in [0.1, 0.15) is 37.4 Å². The summed E-state index contributed by atoms with van der Waals surface area (Å²) in [6.45, 7) is 1.88. The number of nitrogens with one attached hydrogen (secondary N) is 2. The van der Waals surface area contributed by atoms with Gasteiger partial charge in [-0.3, -0.25) is 15.0 Å². The number of amides is 1. The molecule has 0 atom stereocenters. The molecule has 7 heteroatoms. The van der Waals surface area contributed by atoms with E-state index < -0.39 is 0 Å². The Bertz CT molecular complexity index is 1120. The molecule has 0 radical (unpaired) electrons. The maximum atomic E-state index is 12.9. The van der Waals surface area contributed by atoms with Crippen molar-refractivity contribution in [1.29, 1.82) is 5.41 Å². The van der Waals surface area contributed by atoms with Crippen LogP contribution in [0.2, 0.25) is 5.02 Å². The van der Waals surface area contributed by atoms with Crippen molar-refractivity contribution in [2.24, 2.45) is 0 Å². The molecule has 1 amide bonds. The Hall–Kier alpha value is -3.51. The lowest BCUT2D eigenvalue weighted by Gasteiger charge is -2.14. The smallest absolute Gasteiger partial charge is 0.257 e. The van der Waals surface area contributed by atoms with Crippen LogP contribution in [0.5, 0.6) is 0 Å². The SMILES string of the molecule is Cc1cccc(C(=O)Nc2ccc(Cl)cn2)c1CC(=O)c1ccc(C(=N)N(C)C)cc1. The van der Waals surface area contributed by atoms with Crippen LogP contribution in [0.3, 0.4) is 0 Å². The molecule has 0 unspecified atom stereocenters. The summed E-state index contributed by atoms with van der Waals surface area (Å²) in [5, 5.41) is 11.3. The van der Waals surface area contributed by atoms with Crippen molar-refractivity contribution in [1.82, 2.24) is 9.88 Å². The monoisotopic (exact) mass is 434 g/mol. The molecule has 2 aromatic carbocycles. The minimum atomic E-state index is -0.337. The highest BCUT2D eigenvalue weighted by atomic mass is 35.5. The van der Waals surface area contributed by atoms with Crippen LogP contribution in [0.25, 0.3) is 0 Å². The number of amidine groups is 1. The Labute approximate surface area is 186 Å². The molecule has 0 saturated carbocycles. The lowest BCUT2D eigenvalue weighted by molar-refractivity contribution is 0.0992. The highest BCUT2D eigenvalue weighted by molar-refractivity contribution is 6.30. The average molecular weight is 435 g/mol. The summed E-state index contributed by atoms with van der Waals surface area (Å²) < 4.78 is 0. The van der Waals surface area contributed by atoms with Crippen molar-refractivity contribution >= 4 is 34.9 Å². The van der Waals surface area contributed by atoms with E-state index in [1.807, 2.05) is 13.0 Å². The molecule has 3 aromatic rings. The van der Waals surface area contributed by atoms with Gasteiger partial charge in [-0.25, -0.2) is 4.98 Å². The highest BCUT2D eigenvalue weighted by Crippen LogP contribution is 2.20. The second-order valence-electron chi connectivity index (χ2n) is 7.34. The van der Waals surface area contributed by atoms with Crippen molar-refractivity contribution in [2.75, 3.05) is 19.4 Å². The number of carbonyl (C=O) groups excluding carboxylic acids is 2. The Morgan fingerprint density at radius 2 is 1.71 bits per heavy atom. The van der Waals surface area contributed by atoms with Crippen LogP contribution in [-0.4, -0.2) is 41.5 Å². The van der Waals surface area contributed by atoms with Gasteiger partial charge in [-0.05, 0) is 36.2 Å². The second kappa shape index (κ2) is 9.53. The number of aromatic nitrogens is 1. The molecule has 0 bridgehead atoms. The number of ketones is 1. The van der Waals surface area contributed by atoms with Crippen molar-refractivity contribution in [3.8, 4) is 0 Å². The second-order valence-corrected chi connectivity index (χ2v) is 7.77. The van der Waals surface area contributed by atoms with E-state index in [2.05, 4.69) is 10.3 Å². The van der Waals surface area contributed by atoms with Crippen LogP contribution < -0.4 is 5.32 Å². The molecular weight excluding hydrogens is 412 g/mol. The topological polar surface area (TPSA) is 86.1 Å². The van der Waals surface area contributed by atoms with Gasteiger partial charge in [-0.2, -0.15) is 0 Å². The number of halogens is 1. The van der Waals surface area contributed by atoms with E-state index in [0.29, 0.717) is 33.4 Å². The molecule has 0 spiro atoms. The zero-order valence-corrected chi connectivity index (χ0v) is 18.3. The van der Waals surface area contributed by atoms with Gasteiger partial charge < -0.3 is 10.2 Å². The van der Waals surface area contributed by atoms with Gasteiger partial charge in [0.15, 0.2) is 5.78 Å². The Morgan fingerprint density at radius 1 is 1.03 bits per heavy atom. The third kappa shape index (κ3) is 5.35. The first-order valence-electron chi connectivity index (χ1n) is 9.67. The number of hydrogen-bond donors (Lipinski definition) is 2. The van der Waals surface area contributed by atoms with Crippen LogP contribution >= 0.6 is 11.6 Å². The minimum Gasteiger partial charge on any atom is -0.363 e. The first-order valence-corrected chi connectivity index (χ1v) is 10.0. The largest absolute Gasteiger partial charge is 0.363 e. The molecule has 1 aromatic heterocycles. The standard InChI is InChI=1S/C24H23ClN4O2/c1-15-5-4-6-19(24(31)28-22-12-11-18(25)14-27-22)20(15)13-21(30)16-7-9-17(10-8-16)23(26)29(2)3/h4-12,14,26H,13H2,1-3H3,(H,27,28,31). The number of hydrogen-bond acceptors (Lipinski definition) is 4. The molecule has 0 aliphatic carbocycles. The van der Waals surface area contributed by atoms with Crippen molar-refractivity contribution in [2.45, 2.75) is 13.3 Å². The fourth-order valence-corrected chi connectivity index (χ4v) is 3.23. The Balaban J connectivity index is 1.81. The predicted octanol–water partition coefficient (Wildman–Crippen LogP) is 4.61. The zero-order valence-electron chi connectivity index (χ0n) is 17.6. The molecule has 0 fully saturated rings. The van der Waals surface area contributed by atoms with Crippen molar-refractivity contribution in [3.63, 3.8) is 0 Å². The maximum absolute atomic E-state index is 12.9. The summed E-state index contributed by atoms with van der Waals surface area (Å²) >= 11 is 5.84. The minimum absolute atomic E-state index is 0.0912. The third-order valence-electron chi connectivity index (χ3n) is 4.89. The molecule has 6 nitrogen and oxygen atoms in total. The lowest BCUT2D eigenvalue weighted by Crippen LogP contribution is -2.21. The van der Waals surface area contributed by atoms with E-state index in [1.54, 1.807) is 67.5 Å². The van der Waals surface area contributed by atoms with Crippen LogP contribution in [0, 0.1) is 12.3 Å². The molecule has 31 heavy (non-hydrogen) atoms. The fourth-order valence-electron chi connectivity index (χ4n) is 3.12. The Morgan fingerprint density at radius 3 is 2.32 bits per heavy atom. The number of carbonyl (C=O) groups is 2. The fraction of sp³-hybridized carbons (Fsp3) is 0.167. The first-order chi connectivity index (χ1) is 14.8. The van der Waals surface area contributed by atoms with Gasteiger partial charge in [-0.15, -0.1) is 0 Å². The Kier molecular flexibility index (Phi) is 6.82. The van der Waals surface area contributed by atoms with Crippen LogP contribution in [-0.2, 0) is 6.42 Å². The van der Waals surface area contributed by atoms with E-state index in [-0.39, 0.29) is 18.1 Å². The van der Waals surface area contributed by atoms with Gasteiger partial charge in [0.25, 0.3) is 5.91 Å². The van der Waals surface area contributed by atoms with Gasteiger partial charge in [0.1, 0.15) is 11.7 Å². The van der Waals surface area contributed by atoms with E-state index in [4.69, 9.17) is 17.0 Å². The summed E-state index contributed by atoms with van der Waals surface area (Å²) in [7, 11) is 3.59. The number of rotatable bonds is 6. The zero-order chi connectivity index (χ0) is 22.5. The summed E-state index contributed by atoms with van der Waals surface area (Å²) in [5.41, 5.74) is 3.22. The van der Waals surface area contributed by atoms with Crippen molar-refractivity contribution < 1.29 is 9.59 Å². The van der Waals surface area contributed by atoms with E-state index >= 15 is 0 Å². The number of benzene rings is 2. The predicted molar refractivity (Wildman–Crippen MR) is 123 cm³/mol. The normalized spacial score (nSPS) is 10.5.